The summed E-state index contributed by atoms with van der Waals surface area (Å²) in [5, 5.41) is 3.91. The van der Waals surface area contributed by atoms with Gasteiger partial charge in [-0.15, -0.1) is 0 Å². The van der Waals surface area contributed by atoms with Gasteiger partial charge in [0.2, 0.25) is 0 Å². The van der Waals surface area contributed by atoms with Gasteiger partial charge in [-0.1, -0.05) is 23.4 Å². The fourth-order valence-electron chi connectivity index (χ4n) is 3.78. The topological polar surface area (TPSA) is 58.8 Å². The lowest BCUT2D eigenvalue weighted by Gasteiger charge is -2.34. The molecule has 1 aliphatic heterocycles. The second-order valence-electron chi connectivity index (χ2n) is 8.08. The molecule has 6 nitrogen and oxygen atoms in total. The lowest BCUT2D eigenvalue weighted by Crippen LogP contribution is -2.48. The van der Waals surface area contributed by atoms with Gasteiger partial charge >= 0.3 is 6.18 Å². The zero-order valence-corrected chi connectivity index (χ0v) is 18.4. The highest BCUT2D eigenvalue weighted by Crippen LogP contribution is 2.30. The van der Waals surface area contributed by atoms with Crippen molar-refractivity contribution in [2.45, 2.75) is 26.3 Å². The van der Waals surface area contributed by atoms with Crippen molar-refractivity contribution in [3.63, 3.8) is 0 Å². The number of aromatic nitrogens is 1. The van der Waals surface area contributed by atoms with Crippen molar-refractivity contribution in [3.05, 3.63) is 82.5 Å². The van der Waals surface area contributed by atoms with Gasteiger partial charge in [-0.3, -0.25) is 9.69 Å². The standard InChI is InChI=1S/C24H23F4N3O3/c1-16-21(15-33-20-7-5-19(25)6-8-20)22(29-34-16)23(32)31-11-9-30(10-12-31)14-17-3-2-4-18(13-17)24(26,27)28/h2-8,13H,9-12,14-15H2,1H3. The van der Waals surface area contributed by atoms with Crippen LogP contribution in [0, 0.1) is 12.7 Å². The molecule has 1 amide bonds. The molecule has 0 spiro atoms. The van der Waals surface area contributed by atoms with Crippen LogP contribution in [-0.2, 0) is 19.3 Å². The number of hydrogen-bond donors (Lipinski definition) is 0. The van der Waals surface area contributed by atoms with E-state index in [2.05, 4.69) is 5.16 Å². The van der Waals surface area contributed by atoms with Crippen molar-refractivity contribution >= 4 is 5.91 Å². The SMILES string of the molecule is Cc1onc(C(=O)N2CCN(Cc3cccc(C(F)(F)F)c3)CC2)c1COc1ccc(F)cc1. The van der Waals surface area contributed by atoms with Crippen molar-refractivity contribution in [1.82, 2.24) is 15.0 Å². The molecule has 0 radical (unpaired) electrons. The number of ether oxygens (including phenoxy) is 1. The summed E-state index contributed by atoms with van der Waals surface area (Å²) in [7, 11) is 0. The van der Waals surface area contributed by atoms with Gasteiger partial charge in [-0.05, 0) is 42.8 Å². The molecule has 1 aromatic heterocycles. The van der Waals surface area contributed by atoms with E-state index in [1.807, 2.05) is 4.90 Å². The Kier molecular flexibility index (Phi) is 6.87. The van der Waals surface area contributed by atoms with Gasteiger partial charge in [0.15, 0.2) is 5.69 Å². The second-order valence-corrected chi connectivity index (χ2v) is 8.08. The molecule has 1 saturated heterocycles. The van der Waals surface area contributed by atoms with Gasteiger partial charge in [0.05, 0.1) is 11.1 Å². The molecule has 1 fully saturated rings. The van der Waals surface area contributed by atoms with E-state index in [9.17, 15) is 22.4 Å². The molecule has 34 heavy (non-hydrogen) atoms. The largest absolute Gasteiger partial charge is 0.489 e. The summed E-state index contributed by atoms with van der Waals surface area (Å²) in [5.74, 6) is 0.224. The molecule has 0 aliphatic carbocycles. The first kappa shape index (κ1) is 23.7. The van der Waals surface area contributed by atoms with Crippen LogP contribution >= 0.6 is 0 Å². The van der Waals surface area contributed by atoms with Crippen LogP contribution in [0.4, 0.5) is 17.6 Å². The van der Waals surface area contributed by atoms with Crippen molar-refractivity contribution in [1.29, 1.82) is 0 Å². The average molecular weight is 477 g/mol. The molecule has 2 aromatic carbocycles. The molecule has 0 bridgehead atoms. The summed E-state index contributed by atoms with van der Waals surface area (Å²) < 4.78 is 62.8. The van der Waals surface area contributed by atoms with E-state index in [0.29, 0.717) is 55.4 Å². The van der Waals surface area contributed by atoms with Crippen molar-refractivity contribution in [2.75, 3.05) is 26.2 Å². The lowest BCUT2D eigenvalue weighted by molar-refractivity contribution is -0.137. The van der Waals surface area contributed by atoms with Crippen LogP contribution in [0.25, 0.3) is 0 Å². The molecule has 0 atom stereocenters. The van der Waals surface area contributed by atoms with Gasteiger partial charge < -0.3 is 14.2 Å². The first-order valence-corrected chi connectivity index (χ1v) is 10.7. The molecule has 180 valence electrons. The highest BCUT2D eigenvalue weighted by atomic mass is 19.4. The molecular formula is C24H23F4N3O3. The summed E-state index contributed by atoms with van der Waals surface area (Å²) in [4.78, 5) is 16.7. The second kappa shape index (κ2) is 9.84. The Morgan fingerprint density at radius 3 is 2.47 bits per heavy atom. The van der Waals surface area contributed by atoms with E-state index in [4.69, 9.17) is 9.26 Å². The summed E-state index contributed by atoms with van der Waals surface area (Å²) in [5.41, 5.74) is 0.573. The van der Waals surface area contributed by atoms with Crippen LogP contribution in [0.15, 0.2) is 53.1 Å². The van der Waals surface area contributed by atoms with Crippen LogP contribution in [-0.4, -0.2) is 47.0 Å². The Morgan fingerprint density at radius 2 is 1.79 bits per heavy atom. The van der Waals surface area contributed by atoms with E-state index in [1.165, 1.54) is 30.3 Å². The average Bonchev–Trinajstić information content (AvgIpc) is 3.18. The maximum absolute atomic E-state index is 13.1. The minimum atomic E-state index is -4.38. The fraction of sp³-hybridized carbons (Fsp3) is 0.333. The molecule has 2 heterocycles. The Bertz CT molecular complexity index is 1140. The number of benzene rings is 2. The minimum Gasteiger partial charge on any atom is -0.489 e. The number of nitrogens with zero attached hydrogens (tertiary/aromatic N) is 3. The van der Waals surface area contributed by atoms with Crippen LogP contribution < -0.4 is 4.74 Å². The Balaban J connectivity index is 1.35. The van der Waals surface area contributed by atoms with Gasteiger partial charge in [0.1, 0.15) is 23.9 Å². The third-order valence-corrected chi connectivity index (χ3v) is 5.70. The van der Waals surface area contributed by atoms with E-state index in [0.717, 1.165) is 12.1 Å². The smallest absolute Gasteiger partial charge is 0.416 e. The minimum absolute atomic E-state index is 0.0392. The summed E-state index contributed by atoms with van der Waals surface area (Å²) in [6, 6.07) is 10.8. The van der Waals surface area contributed by atoms with Crippen molar-refractivity contribution in [3.8, 4) is 5.75 Å². The van der Waals surface area contributed by atoms with E-state index < -0.39 is 11.7 Å². The van der Waals surface area contributed by atoms with E-state index >= 15 is 0 Å². The molecule has 0 N–H and O–H groups in total. The molecule has 0 saturated carbocycles. The quantitative estimate of drug-likeness (QED) is 0.483. The third-order valence-electron chi connectivity index (χ3n) is 5.70. The van der Waals surface area contributed by atoms with E-state index in [-0.39, 0.29) is 24.0 Å². The van der Waals surface area contributed by atoms with Gasteiger partial charge in [0.25, 0.3) is 5.91 Å². The van der Waals surface area contributed by atoms with Gasteiger partial charge in [-0.2, -0.15) is 13.2 Å². The maximum Gasteiger partial charge on any atom is 0.416 e. The molecular weight excluding hydrogens is 454 g/mol. The predicted molar refractivity (Wildman–Crippen MR) is 115 cm³/mol. The summed E-state index contributed by atoms with van der Waals surface area (Å²) in [6.07, 6.45) is -4.38. The predicted octanol–water partition coefficient (Wildman–Crippen LogP) is 4.68. The summed E-state index contributed by atoms with van der Waals surface area (Å²) >= 11 is 0. The van der Waals surface area contributed by atoms with Crippen LogP contribution in [0.5, 0.6) is 5.75 Å². The number of halogens is 4. The molecule has 0 unspecified atom stereocenters. The van der Waals surface area contributed by atoms with Crippen LogP contribution in [0.1, 0.15) is 32.9 Å². The number of amides is 1. The molecule has 4 rings (SSSR count). The zero-order chi connectivity index (χ0) is 24.3. The van der Waals surface area contributed by atoms with Crippen molar-refractivity contribution in [2.24, 2.45) is 0 Å². The van der Waals surface area contributed by atoms with Crippen LogP contribution in [0.2, 0.25) is 0 Å². The number of rotatable bonds is 6. The molecule has 10 heteroatoms. The van der Waals surface area contributed by atoms with Gasteiger partial charge in [-0.25, -0.2) is 4.39 Å². The Morgan fingerprint density at radius 1 is 1.09 bits per heavy atom. The first-order valence-electron chi connectivity index (χ1n) is 10.7. The molecule has 3 aromatic rings. The van der Waals surface area contributed by atoms with E-state index in [1.54, 1.807) is 17.9 Å². The summed E-state index contributed by atoms with van der Waals surface area (Å²) in [6.45, 7) is 3.92. The number of carbonyl (C=O) groups is 1. The van der Waals surface area contributed by atoms with Gasteiger partial charge in [0, 0.05) is 32.7 Å². The number of hydrogen-bond acceptors (Lipinski definition) is 5. The number of aryl methyl sites for hydroxylation is 1. The van der Waals surface area contributed by atoms with Crippen LogP contribution in [0.3, 0.4) is 0 Å². The Labute approximate surface area is 193 Å². The Hall–Kier alpha value is -3.40. The number of carbonyl (C=O) groups excluding carboxylic acids is 1. The fourth-order valence-corrected chi connectivity index (χ4v) is 3.78. The molecule has 1 aliphatic rings. The highest BCUT2D eigenvalue weighted by molar-refractivity contribution is 5.93. The monoisotopic (exact) mass is 477 g/mol. The number of piperazine rings is 1. The highest BCUT2D eigenvalue weighted by Gasteiger charge is 2.31. The van der Waals surface area contributed by atoms with Crippen molar-refractivity contribution < 1.29 is 31.6 Å². The maximum atomic E-state index is 13.1. The lowest BCUT2D eigenvalue weighted by atomic mass is 10.1. The first-order chi connectivity index (χ1) is 16.2. The third kappa shape index (κ3) is 5.56. The number of alkyl halides is 3. The zero-order valence-electron chi connectivity index (χ0n) is 18.4. The normalized spacial score (nSPS) is 14.9.